The largest absolute Gasteiger partial charge is 0.450 e. The predicted molar refractivity (Wildman–Crippen MR) is 130 cm³/mol. The van der Waals surface area contributed by atoms with E-state index in [2.05, 4.69) is 14.8 Å². The molecular formula is C23H31N3O6S2. The van der Waals surface area contributed by atoms with Gasteiger partial charge in [-0.3, -0.25) is 5.32 Å². The van der Waals surface area contributed by atoms with Crippen LogP contribution in [0.25, 0.3) is 0 Å². The number of rotatable bonds is 10. The third-order valence-corrected chi connectivity index (χ3v) is 8.57. The van der Waals surface area contributed by atoms with Crippen LogP contribution in [-0.4, -0.2) is 42.1 Å². The van der Waals surface area contributed by atoms with E-state index in [1.807, 2.05) is 0 Å². The fourth-order valence-electron chi connectivity index (χ4n) is 3.76. The Morgan fingerprint density at radius 2 is 1.47 bits per heavy atom. The number of nitrogens with one attached hydrogen (secondary N) is 3. The number of carbonyl (C=O) groups is 1. The van der Waals surface area contributed by atoms with E-state index in [4.69, 9.17) is 4.74 Å². The highest BCUT2D eigenvalue weighted by atomic mass is 32.2. The first-order valence-electron chi connectivity index (χ1n) is 11.3. The van der Waals surface area contributed by atoms with E-state index in [9.17, 15) is 21.6 Å². The smallest absolute Gasteiger partial charge is 0.411 e. The maximum atomic E-state index is 12.6. The van der Waals surface area contributed by atoms with Crippen LogP contribution in [0.5, 0.6) is 0 Å². The number of amides is 1. The van der Waals surface area contributed by atoms with Crippen molar-refractivity contribution in [1.82, 2.24) is 9.44 Å². The van der Waals surface area contributed by atoms with Crippen molar-refractivity contribution in [3.8, 4) is 0 Å². The van der Waals surface area contributed by atoms with Crippen molar-refractivity contribution in [3.63, 3.8) is 0 Å². The molecule has 3 rings (SSSR count). The minimum absolute atomic E-state index is 0.0113. The van der Waals surface area contributed by atoms with Crippen LogP contribution in [0.2, 0.25) is 0 Å². The zero-order valence-electron chi connectivity index (χ0n) is 19.1. The molecule has 9 nitrogen and oxygen atoms in total. The average molecular weight is 510 g/mol. The molecule has 0 aliphatic heterocycles. The first-order chi connectivity index (χ1) is 16.2. The van der Waals surface area contributed by atoms with Gasteiger partial charge in [-0.15, -0.1) is 0 Å². The summed E-state index contributed by atoms with van der Waals surface area (Å²) in [5, 5.41) is 2.50. The van der Waals surface area contributed by atoms with Gasteiger partial charge in [0.2, 0.25) is 20.0 Å². The molecule has 1 aliphatic rings. The van der Waals surface area contributed by atoms with E-state index in [1.165, 1.54) is 24.3 Å². The summed E-state index contributed by atoms with van der Waals surface area (Å²) >= 11 is 0. The van der Waals surface area contributed by atoms with Crippen molar-refractivity contribution >= 4 is 31.8 Å². The highest BCUT2D eigenvalue weighted by Crippen LogP contribution is 2.20. The fourth-order valence-corrected chi connectivity index (χ4v) is 6.10. The Hall–Kier alpha value is -2.47. The zero-order chi connectivity index (χ0) is 24.6. The lowest BCUT2D eigenvalue weighted by Crippen LogP contribution is -2.36. The van der Waals surface area contributed by atoms with Crippen molar-refractivity contribution in [1.29, 1.82) is 0 Å². The lowest BCUT2D eigenvalue weighted by atomic mass is 9.96. The first kappa shape index (κ1) is 26.1. The van der Waals surface area contributed by atoms with Crippen molar-refractivity contribution < 1.29 is 26.4 Å². The molecule has 0 atom stereocenters. The van der Waals surface area contributed by atoms with E-state index in [-0.39, 0.29) is 29.0 Å². The molecule has 2 aromatic carbocycles. The van der Waals surface area contributed by atoms with Crippen molar-refractivity contribution in [2.75, 3.05) is 18.5 Å². The van der Waals surface area contributed by atoms with E-state index >= 15 is 0 Å². The number of ether oxygens (including phenoxy) is 1. The number of anilines is 1. The minimum Gasteiger partial charge on any atom is -0.450 e. The second kappa shape index (κ2) is 11.8. The second-order valence-electron chi connectivity index (χ2n) is 8.12. The molecule has 0 spiro atoms. The van der Waals surface area contributed by atoms with Gasteiger partial charge in [-0.2, -0.15) is 0 Å². The van der Waals surface area contributed by atoms with Gasteiger partial charge in [-0.25, -0.2) is 31.1 Å². The van der Waals surface area contributed by atoms with Gasteiger partial charge in [0.05, 0.1) is 16.4 Å². The van der Waals surface area contributed by atoms with Gasteiger partial charge in [0, 0.05) is 18.3 Å². The van der Waals surface area contributed by atoms with Gasteiger partial charge in [-0.05, 0) is 68.1 Å². The van der Waals surface area contributed by atoms with Gasteiger partial charge in [0.25, 0.3) is 0 Å². The lowest BCUT2D eigenvalue weighted by molar-refractivity contribution is 0.168. The summed E-state index contributed by atoms with van der Waals surface area (Å²) in [7, 11) is -7.30. The zero-order valence-corrected chi connectivity index (χ0v) is 20.8. The second-order valence-corrected chi connectivity index (χ2v) is 11.6. The summed E-state index contributed by atoms with van der Waals surface area (Å²) in [5.74, 6) is 0. The molecule has 1 saturated carbocycles. The Kier molecular flexibility index (Phi) is 9.06. The molecule has 186 valence electrons. The monoisotopic (exact) mass is 509 g/mol. The molecule has 1 aliphatic carbocycles. The maximum absolute atomic E-state index is 12.6. The summed E-state index contributed by atoms with van der Waals surface area (Å²) in [5.41, 5.74) is 1.23. The van der Waals surface area contributed by atoms with Crippen LogP contribution in [0.3, 0.4) is 0 Å². The summed E-state index contributed by atoms with van der Waals surface area (Å²) in [4.78, 5) is 11.7. The first-order valence-corrected chi connectivity index (χ1v) is 14.3. The Morgan fingerprint density at radius 1 is 0.882 bits per heavy atom. The number of carbonyl (C=O) groups excluding carboxylic acids is 1. The fraction of sp³-hybridized carbons (Fsp3) is 0.435. The van der Waals surface area contributed by atoms with Gasteiger partial charge in [0.1, 0.15) is 0 Å². The van der Waals surface area contributed by atoms with Crippen molar-refractivity contribution in [2.24, 2.45) is 0 Å². The molecule has 34 heavy (non-hydrogen) atoms. The third-order valence-electron chi connectivity index (χ3n) is 5.55. The third kappa shape index (κ3) is 7.52. The van der Waals surface area contributed by atoms with Crippen LogP contribution in [0.4, 0.5) is 10.5 Å². The number of sulfonamides is 2. The normalized spacial score (nSPS) is 15.1. The average Bonchev–Trinajstić information content (AvgIpc) is 2.80. The lowest BCUT2D eigenvalue weighted by Gasteiger charge is -2.22. The highest BCUT2D eigenvalue weighted by molar-refractivity contribution is 7.89. The molecule has 0 unspecified atom stereocenters. The number of hydrogen-bond acceptors (Lipinski definition) is 6. The summed E-state index contributed by atoms with van der Waals surface area (Å²) in [6, 6.07) is 12.2. The SMILES string of the molecule is CCOC(=O)Nc1ccc(S(=O)(=O)NCCc2ccc(S(=O)(=O)NC3CCCCC3)cc2)cc1. The van der Waals surface area contributed by atoms with E-state index < -0.39 is 26.1 Å². The molecule has 0 bridgehead atoms. The Balaban J connectivity index is 1.51. The molecule has 3 N–H and O–H groups in total. The molecular weight excluding hydrogens is 478 g/mol. The summed E-state index contributed by atoms with van der Waals surface area (Å²) < 4.78 is 60.3. The topological polar surface area (TPSA) is 131 Å². The summed E-state index contributed by atoms with van der Waals surface area (Å²) in [6.45, 7) is 2.07. The quantitative estimate of drug-likeness (QED) is 0.450. The molecule has 1 fully saturated rings. The molecule has 1 amide bonds. The van der Waals surface area contributed by atoms with Crippen molar-refractivity contribution in [2.45, 2.75) is 61.3 Å². The molecule has 0 aromatic heterocycles. The molecule has 0 heterocycles. The highest BCUT2D eigenvalue weighted by Gasteiger charge is 2.21. The van der Waals surface area contributed by atoms with Gasteiger partial charge < -0.3 is 4.74 Å². The van der Waals surface area contributed by atoms with Gasteiger partial charge in [0.15, 0.2) is 0 Å². The van der Waals surface area contributed by atoms with Crippen LogP contribution < -0.4 is 14.8 Å². The van der Waals surface area contributed by atoms with Crippen LogP contribution in [-0.2, 0) is 31.2 Å². The minimum atomic E-state index is -3.73. The van der Waals surface area contributed by atoms with Crippen LogP contribution in [0, 0.1) is 0 Å². The van der Waals surface area contributed by atoms with Crippen LogP contribution >= 0.6 is 0 Å². The Labute approximate surface area is 201 Å². The standard InChI is InChI=1S/C23H31N3O6S2/c1-2-32-23(27)25-19-10-14-21(15-11-19)33(28,29)24-17-16-18-8-12-22(13-9-18)34(30,31)26-20-6-4-3-5-7-20/h8-15,20,24,26H,2-7,16-17H2,1H3,(H,25,27). The van der Waals surface area contributed by atoms with Gasteiger partial charge >= 0.3 is 6.09 Å². The Morgan fingerprint density at radius 3 is 2.09 bits per heavy atom. The molecule has 0 radical (unpaired) electrons. The molecule has 0 saturated heterocycles. The maximum Gasteiger partial charge on any atom is 0.411 e. The Bertz CT molecular complexity index is 1160. The van der Waals surface area contributed by atoms with E-state index in [0.29, 0.717) is 12.1 Å². The van der Waals surface area contributed by atoms with Crippen LogP contribution in [0.15, 0.2) is 58.3 Å². The molecule has 2 aromatic rings. The number of hydrogen-bond donors (Lipinski definition) is 3. The molecule has 11 heteroatoms. The van der Waals surface area contributed by atoms with Crippen LogP contribution in [0.1, 0.15) is 44.6 Å². The van der Waals surface area contributed by atoms with E-state index in [0.717, 1.165) is 37.7 Å². The van der Waals surface area contributed by atoms with Gasteiger partial charge in [-0.1, -0.05) is 31.4 Å². The van der Waals surface area contributed by atoms with Crippen molar-refractivity contribution in [3.05, 3.63) is 54.1 Å². The summed E-state index contributed by atoms with van der Waals surface area (Å²) in [6.07, 6.45) is 4.74. The number of benzene rings is 2. The predicted octanol–water partition coefficient (Wildman–Crippen LogP) is 3.39. The van der Waals surface area contributed by atoms with E-state index in [1.54, 1.807) is 31.2 Å².